The quantitative estimate of drug-likeness (QED) is 0.616. The van der Waals surface area contributed by atoms with E-state index in [0.29, 0.717) is 5.75 Å². The predicted octanol–water partition coefficient (Wildman–Crippen LogP) is 3.68. The number of aryl methyl sites for hydroxylation is 1. The highest BCUT2D eigenvalue weighted by molar-refractivity contribution is 5.94. The van der Waals surface area contributed by atoms with Gasteiger partial charge in [-0.2, -0.15) is 0 Å². The van der Waals surface area contributed by atoms with Crippen molar-refractivity contribution < 1.29 is 14.3 Å². The summed E-state index contributed by atoms with van der Waals surface area (Å²) in [4.78, 5) is 19.6. The number of benzene rings is 2. The second-order valence-electron chi connectivity index (χ2n) is 7.47. The molecule has 2 aromatic carbocycles. The first kappa shape index (κ1) is 20.2. The summed E-state index contributed by atoms with van der Waals surface area (Å²) in [6.07, 6.45) is 2.53. The van der Waals surface area contributed by atoms with Gasteiger partial charge in [0.15, 0.2) is 6.61 Å². The summed E-state index contributed by atoms with van der Waals surface area (Å²) >= 11 is 0. The lowest BCUT2D eigenvalue weighted by Crippen LogP contribution is -2.21. The third-order valence-corrected chi connectivity index (χ3v) is 5.42. The number of methoxy groups -OCH3 is 1. The predicted molar refractivity (Wildman–Crippen MR) is 117 cm³/mol. The first-order chi connectivity index (χ1) is 14.7. The van der Waals surface area contributed by atoms with Gasteiger partial charge in [0.1, 0.15) is 17.3 Å². The van der Waals surface area contributed by atoms with E-state index in [1.54, 1.807) is 31.4 Å². The summed E-state index contributed by atoms with van der Waals surface area (Å²) in [5, 5.41) is 2.90. The Bertz CT molecular complexity index is 1010. The molecular formula is C23H28N4O3. The first-order valence-electron chi connectivity index (χ1n) is 10.4. The molecule has 1 amide bonds. The molecule has 0 saturated carbocycles. The number of hydrogen-bond acceptors (Lipinski definition) is 5. The lowest BCUT2D eigenvalue weighted by Gasteiger charge is -2.14. The van der Waals surface area contributed by atoms with E-state index in [0.717, 1.165) is 54.5 Å². The van der Waals surface area contributed by atoms with Gasteiger partial charge >= 0.3 is 0 Å². The van der Waals surface area contributed by atoms with Gasteiger partial charge in [0, 0.05) is 12.2 Å². The number of rotatable bonds is 8. The minimum absolute atomic E-state index is 0.0615. The zero-order chi connectivity index (χ0) is 20.9. The van der Waals surface area contributed by atoms with Crippen LogP contribution in [0.1, 0.15) is 25.6 Å². The third kappa shape index (κ3) is 4.57. The highest BCUT2D eigenvalue weighted by Crippen LogP contribution is 2.23. The Morgan fingerprint density at radius 3 is 2.53 bits per heavy atom. The fraction of sp³-hybridized carbons (Fsp3) is 0.391. The zero-order valence-corrected chi connectivity index (χ0v) is 17.6. The Balaban J connectivity index is 1.41. The summed E-state index contributed by atoms with van der Waals surface area (Å²) in [6.45, 7) is 6.11. The normalized spacial score (nSPS) is 14.2. The highest BCUT2D eigenvalue weighted by Gasteiger charge is 2.17. The fourth-order valence-electron chi connectivity index (χ4n) is 3.89. The number of nitrogens with zero attached hydrogens (tertiary/aromatic N) is 3. The summed E-state index contributed by atoms with van der Waals surface area (Å²) in [5.74, 6) is 2.24. The van der Waals surface area contributed by atoms with Gasteiger partial charge in [-0.25, -0.2) is 4.98 Å². The summed E-state index contributed by atoms with van der Waals surface area (Å²) in [6, 6.07) is 13.0. The highest BCUT2D eigenvalue weighted by atomic mass is 16.5. The fourth-order valence-corrected chi connectivity index (χ4v) is 3.89. The Hall–Kier alpha value is -3.06. The van der Waals surface area contributed by atoms with E-state index in [9.17, 15) is 4.79 Å². The van der Waals surface area contributed by atoms with E-state index in [-0.39, 0.29) is 12.5 Å². The molecule has 1 saturated heterocycles. The van der Waals surface area contributed by atoms with Crippen LogP contribution in [0.25, 0.3) is 11.0 Å². The molecule has 0 unspecified atom stereocenters. The van der Waals surface area contributed by atoms with Crippen molar-refractivity contribution in [3.63, 3.8) is 0 Å². The largest absolute Gasteiger partial charge is 0.497 e. The maximum atomic E-state index is 12.3. The van der Waals surface area contributed by atoms with Gasteiger partial charge in [-0.3, -0.25) is 9.69 Å². The van der Waals surface area contributed by atoms with E-state index >= 15 is 0 Å². The van der Waals surface area contributed by atoms with Gasteiger partial charge in [0.05, 0.1) is 24.7 Å². The number of imidazole rings is 1. The van der Waals surface area contributed by atoms with Crippen LogP contribution in [0.2, 0.25) is 0 Å². The van der Waals surface area contributed by atoms with E-state index in [2.05, 4.69) is 21.7 Å². The number of nitrogens with one attached hydrogen (secondary N) is 1. The molecule has 0 atom stereocenters. The molecule has 0 bridgehead atoms. The number of likely N-dealkylation sites (tertiary alicyclic amines) is 1. The molecule has 2 heterocycles. The minimum Gasteiger partial charge on any atom is -0.497 e. The van der Waals surface area contributed by atoms with Crippen LogP contribution in [0, 0.1) is 0 Å². The van der Waals surface area contributed by atoms with Crippen molar-refractivity contribution in [3.05, 3.63) is 48.3 Å². The monoisotopic (exact) mass is 408 g/mol. The summed E-state index contributed by atoms with van der Waals surface area (Å²) in [7, 11) is 1.61. The maximum Gasteiger partial charge on any atom is 0.262 e. The lowest BCUT2D eigenvalue weighted by atomic mass is 10.2. The molecular weight excluding hydrogens is 380 g/mol. The standard InChI is InChI=1S/C23H28N4O3/c1-3-27-21-11-6-17(14-20(21)25-22(27)15-26-12-4-5-13-26)24-23(28)16-30-19-9-7-18(29-2)8-10-19/h6-11,14H,3-5,12-13,15-16H2,1-2H3,(H,24,28). The van der Waals surface area contributed by atoms with Crippen molar-refractivity contribution in [2.75, 3.05) is 32.1 Å². The Morgan fingerprint density at radius 1 is 1.10 bits per heavy atom. The van der Waals surface area contributed by atoms with Crippen molar-refractivity contribution in [2.45, 2.75) is 32.9 Å². The molecule has 4 rings (SSSR count). The molecule has 1 aromatic heterocycles. The van der Waals surface area contributed by atoms with Crippen LogP contribution in [-0.4, -0.2) is 47.2 Å². The van der Waals surface area contributed by atoms with Crippen LogP contribution in [-0.2, 0) is 17.9 Å². The van der Waals surface area contributed by atoms with Crippen molar-refractivity contribution in [1.29, 1.82) is 0 Å². The van der Waals surface area contributed by atoms with Crippen molar-refractivity contribution in [1.82, 2.24) is 14.5 Å². The van der Waals surface area contributed by atoms with Crippen LogP contribution in [0.3, 0.4) is 0 Å². The van der Waals surface area contributed by atoms with E-state index in [4.69, 9.17) is 14.5 Å². The molecule has 158 valence electrons. The van der Waals surface area contributed by atoms with Gasteiger partial charge in [-0.05, 0) is 75.3 Å². The molecule has 30 heavy (non-hydrogen) atoms. The number of hydrogen-bond donors (Lipinski definition) is 1. The molecule has 0 aliphatic carbocycles. The molecule has 7 nitrogen and oxygen atoms in total. The number of carbonyl (C=O) groups excluding carboxylic acids is 1. The average Bonchev–Trinajstić information content (AvgIpc) is 3.39. The van der Waals surface area contributed by atoms with E-state index < -0.39 is 0 Å². The smallest absolute Gasteiger partial charge is 0.262 e. The first-order valence-corrected chi connectivity index (χ1v) is 10.4. The van der Waals surface area contributed by atoms with Gasteiger partial charge in [-0.15, -0.1) is 0 Å². The second-order valence-corrected chi connectivity index (χ2v) is 7.47. The van der Waals surface area contributed by atoms with Crippen molar-refractivity contribution in [3.8, 4) is 11.5 Å². The third-order valence-electron chi connectivity index (χ3n) is 5.42. The molecule has 1 aliphatic heterocycles. The maximum absolute atomic E-state index is 12.3. The van der Waals surface area contributed by atoms with Crippen LogP contribution in [0.15, 0.2) is 42.5 Å². The number of amides is 1. The zero-order valence-electron chi connectivity index (χ0n) is 17.6. The molecule has 0 radical (unpaired) electrons. The number of anilines is 1. The molecule has 1 fully saturated rings. The van der Waals surface area contributed by atoms with Gasteiger partial charge in [0.25, 0.3) is 5.91 Å². The Kier molecular flexibility index (Phi) is 6.18. The molecule has 7 heteroatoms. The molecule has 1 N–H and O–H groups in total. The Labute approximate surface area is 176 Å². The number of fused-ring (bicyclic) bond motifs is 1. The lowest BCUT2D eigenvalue weighted by molar-refractivity contribution is -0.118. The van der Waals surface area contributed by atoms with Crippen LogP contribution >= 0.6 is 0 Å². The number of ether oxygens (including phenoxy) is 2. The minimum atomic E-state index is -0.211. The number of aromatic nitrogens is 2. The van der Waals surface area contributed by atoms with Gasteiger partial charge in [-0.1, -0.05) is 0 Å². The van der Waals surface area contributed by atoms with Crippen molar-refractivity contribution in [2.24, 2.45) is 0 Å². The molecule has 0 spiro atoms. The second kappa shape index (κ2) is 9.17. The molecule has 1 aliphatic rings. The van der Waals surface area contributed by atoms with E-state index in [1.165, 1.54) is 12.8 Å². The number of carbonyl (C=O) groups is 1. The topological polar surface area (TPSA) is 68.6 Å². The summed E-state index contributed by atoms with van der Waals surface area (Å²) in [5.41, 5.74) is 2.72. The Morgan fingerprint density at radius 2 is 1.83 bits per heavy atom. The van der Waals surface area contributed by atoms with Crippen LogP contribution in [0.5, 0.6) is 11.5 Å². The average molecular weight is 409 g/mol. The van der Waals surface area contributed by atoms with Gasteiger partial charge < -0.3 is 19.4 Å². The van der Waals surface area contributed by atoms with Crippen molar-refractivity contribution >= 4 is 22.6 Å². The SMILES string of the molecule is CCn1c(CN2CCCC2)nc2cc(NC(=O)COc3ccc(OC)cc3)ccc21. The van der Waals surface area contributed by atoms with Crippen LogP contribution < -0.4 is 14.8 Å². The van der Waals surface area contributed by atoms with Crippen LogP contribution in [0.4, 0.5) is 5.69 Å². The van der Waals surface area contributed by atoms with E-state index in [1.807, 2.05) is 18.2 Å². The van der Waals surface area contributed by atoms with Gasteiger partial charge in [0.2, 0.25) is 0 Å². The molecule has 3 aromatic rings. The summed E-state index contributed by atoms with van der Waals surface area (Å²) < 4.78 is 12.9.